The highest BCUT2D eigenvalue weighted by Gasteiger charge is 2.33. The maximum absolute atomic E-state index is 13.3. The fourth-order valence-electron chi connectivity index (χ4n) is 4.40. The van der Waals surface area contributed by atoms with Crippen LogP contribution in [0.5, 0.6) is 0 Å². The molecule has 13 heteroatoms. The quantitative estimate of drug-likeness (QED) is 0.348. The molecule has 2 N–H and O–H groups in total. The molecule has 4 heterocycles. The van der Waals surface area contributed by atoms with Gasteiger partial charge in [-0.05, 0) is 57.9 Å². The van der Waals surface area contributed by atoms with Crippen molar-refractivity contribution in [2.45, 2.75) is 51.4 Å². The Morgan fingerprint density at radius 1 is 1.15 bits per heavy atom. The Balaban J connectivity index is 1.56. The fourth-order valence-corrected chi connectivity index (χ4v) is 4.40. The van der Waals surface area contributed by atoms with Gasteiger partial charge in [-0.15, -0.1) is 0 Å². The summed E-state index contributed by atoms with van der Waals surface area (Å²) < 4.78 is 13.7. The summed E-state index contributed by atoms with van der Waals surface area (Å²) in [6.45, 7) is 5.29. The Morgan fingerprint density at radius 3 is 2.61 bits per heavy atom. The SMILES string of the molecule is COC1CCC1NC(=O)c1cnn2c(N(C)C(=O)OC(C)(C)C)cc(Nc3cccn(-c4ccccn4)c3=O)nc12. The van der Waals surface area contributed by atoms with Gasteiger partial charge in [0.1, 0.15) is 34.3 Å². The van der Waals surface area contributed by atoms with Gasteiger partial charge in [-0.3, -0.25) is 19.1 Å². The van der Waals surface area contributed by atoms with Crippen LogP contribution in [-0.2, 0) is 9.47 Å². The molecule has 2 amide bonds. The Bertz CT molecular complexity index is 1640. The standard InChI is InChI=1S/C28H32N8O5/c1-28(2,3)41-27(39)34(4)23-15-21(31-19-9-8-14-35(26(19)38)22-10-6-7-13-29-22)33-24-17(16-30-36(23)24)25(37)32-18-11-12-20(18)40-5/h6-10,13-16,18,20H,11-12H2,1-5H3,(H,31,33)(H,32,37). The number of carbonyl (C=O) groups excluding carboxylic acids is 2. The predicted molar refractivity (Wildman–Crippen MR) is 152 cm³/mol. The first-order valence-electron chi connectivity index (χ1n) is 13.1. The minimum absolute atomic E-state index is 0.0563. The molecule has 2 unspecified atom stereocenters. The Kier molecular flexibility index (Phi) is 7.45. The van der Waals surface area contributed by atoms with E-state index in [1.807, 2.05) is 0 Å². The van der Waals surface area contributed by atoms with Crippen molar-refractivity contribution in [3.05, 3.63) is 70.9 Å². The molecule has 5 rings (SSSR count). The molecule has 41 heavy (non-hydrogen) atoms. The number of hydrogen-bond donors (Lipinski definition) is 2. The van der Waals surface area contributed by atoms with Crippen molar-refractivity contribution in [2.75, 3.05) is 24.4 Å². The maximum Gasteiger partial charge on any atom is 0.415 e. The van der Waals surface area contributed by atoms with Crippen molar-refractivity contribution in [2.24, 2.45) is 0 Å². The van der Waals surface area contributed by atoms with Crippen LogP contribution in [0.1, 0.15) is 44.0 Å². The van der Waals surface area contributed by atoms with E-state index in [4.69, 9.17) is 9.47 Å². The third kappa shape index (κ3) is 5.75. The summed E-state index contributed by atoms with van der Waals surface area (Å²) in [6, 6.07) is 10.0. The Labute approximate surface area is 236 Å². The molecule has 2 atom stereocenters. The number of hydrogen-bond acceptors (Lipinski definition) is 9. The van der Waals surface area contributed by atoms with E-state index in [9.17, 15) is 14.4 Å². The van der Waals surface area contributed by atoms with E-state index >= 15 is 0 Å². The molecule has 214 valence electrons. The summed E-state index contributed by atoms with van der Waals surface area (Å²) in [5.74, 6) is 0.562. The Morgan fingerprint density at radius 2 is 1.95 bits per heavy atom. The number of pyridine rings is 2. The number of carbonyl (C=O) groups is 2. The van der Waals surface area contributed by atoms with Crippen LogP contribution in [-0.4, -0.2) is 68.1 Å². The largest absolute Gasteiger partial charge is 0.443 e. The summed E-state index contributed by atoms with van der Waals surface area (Å²) >= 11 is 0. The highest BCUT2D eigenvalue weighted by atomic mass is 16.6. The number of aromatic nitrogens is 5. The van der Waals surface area contributed by atoms with Crippen molar-refractivity contribution in [1.29, 1.82) is 0 Å². The van der Waals surface area contributed by atoms with Gasteiger partial charge in [0.25, 0.3) is 11.5 Å². The average Bonchev–Trinajstić information content (AvgIpc) is 3.35. The minimum atomic E-state index is -0.741. The minimum Gasteiger partial charge on any atom is -0.443 e. The second kappa shape index (κ2) is 11.0. The molecule has 0 radical (unpaired) electrons. The second-order valence-electron chi connectivity index (χ2n) is 10.7. The van der Waals surface area contributed by atoms with Gasteiger partial charge in [-0.25, -0.2) is 14.8 Å². The van der Waals surface area contributed by atoms with Crippen molar-refractivity contribution < 1.29 is 19.1 Å². The van der Waals surface area contributed by atoms with Crippen LogP contribution in [0.2, 0.25) is 0 Å². The highest BCUT2D eigenvalue weighted by Crippen LogP contribution is 2.26. The van der Waals surface area contributed by atoms with E-state index in [0.717, 1.165) is 12.8 Å². The molecule has 0 spiro atoms. The van der Waals surface area contributed by atoms with Crippen molar-refractivity contribution >= 4 is 35.0 Å². The molecule has 4 aromatic heterocycles. The summed E-state index contributed by atoms with van der Waals surface area (Å²) in [5, 5.41) is 10.4. The van der Waals surface area contributed by atoms with E-state index in [1.165, 1.54) is 27.2 Å². The van der Waals surface area contributed by atoms with Crippen LogP contribution < -0.4 is 21.1 Å². The number of nitrogens with zero attached hydrogens (tertiary/aromatic N) is 6. The normalized spacial score (nSPS) is 16.6. The van der Waals surface area contributed by atoms with Crippen LogP contribution in [0, 0.1) is 0 Å². The van der Waals surface area contributed by atoms with E-state index in [-0.39, 0.29) is 52.1 Å². The monoisotopic (exact) mass is 560 g/mol. The molecular formula is C28H32N8O5. The van der Waals surface area contributed by atoms with Crippen LogP contribution in [0.4, 0.5) is 22.1 Å². The van der Waals surface area contributed by atoms with E-state index in [2.05, 4.69) is 25.7 Å². The van der Waals surface area contributed by atoms with Crippen LogP contribution >= 0.6 is 0 Å². The van der Waals surface area contributed by atoms with Crippen LogP contribution in [0.3, 0.4) is 0 Å². The lowest BCUT2D eigenvalue weighted by atomic mass is 9.89. The van der Waals surface area contributed by atoms with Gasteiger partial charge in [0, 0.05) is 32.6 Å². The number of fused-ring (bicyclic) bond motifs is 1. The third-order valence-corrected chi connectivity index (χ3v) is 6.64. The zero-order valence-corrected chi connectivity index (χ0v) is 23.5. The lowest BCUT2D eigenvalue weighted by Gasteiger charge is -2.35. The van der Waals surface area contributed by atoms with E-state index in [1.54, 1.807) is 76.7 Å². The van der Waals surface area contributed by atoms with Crippen molar-refractivity contribution in [1.82, 2.24) is 29.5 Å². The first-order valence-corrected chi connectivity index (χ1v) is 13.1. The molecule has 0 aromatic carbocycles. The van der Waals surface area contributed by atoms with Gasteiger partial charge < -0.3 is 20.1 Å². The number of ether oxygens (including phenoxy) is 2. The lowest BCUT2D eigenvalue weighted by Crippen LogP contribution is -2.51. The summed E-state index contributed by atoms with van der Waals surface area (Å²) in [6.07, 6.45) is 5.58. The second-order valence-corrected chi connectivity index (χ2v) is 10.7. The molecular weight excluding hydrogens is 528 g/mol. The molecule has 1 fully saturated rings. The molecule has 1 aliphatic rings. The topological polar surface area (TPSA) is 145 Å². The lowest BCUT2D eigenvalue weighted by molar-refractivity contribution is 0.00732. The first kappa shape index (κ1) is 27.8. The molecule has 0 aliphatic heterocycles. The number of nitrogens with one attached hydrogen (secondary N) is 2. The molecule has 1 saturated carbocycles. The number of anilines is 3. The fraction of sp³-hybridized carbons (Fsp3) is 0.357. The summed E-state index contributed by atoms with van der Waals surface area (Å²) in [7, 11) is 3.14. The van der Waals surface area contributed by atoms with Crippen molar-refractivity contribution in [3.8, 4) is 5.82 Å². The summed E-state index contributed by atoms with van der Waals surface area (Å²) in [5.41, 5.74) is -0.504. The van der Waals surface area contributed by atoms with E-state index in [0.29, 0.717) is 5.82 Å². The number of methoxy groups -OCH3 is 1. The Hall–Kier alpha value is -4.78. The number of rotatable bonds is 7. The van der Waals surface area contributed by atoms with Gasteiger partial charge in [0.15, 0.2) is 5.65 Å². The zero-order chi connectivity index (χ0) is 29.3. The molecule has 0 bridgehead atoms. The van der Waals surface area contributed by atoms with Gasteiger partial charge in [-0.1, -0.05) is 6.07 Å². The molecule has 13 nitrogen and oxygen atoms in total. The maximum atomic E-state index is 13.3. The van der Waals surface area contributed by atoms with E-state index < -0.39 is 11.7 Å². The smallest absolute Gasteiger partial charge is 0.415 e. The van der Waals surface area contributed by atoms with Crippen LogP contribution in [0.25, 0.3) is 11.5 Å². The highest BCUT2D eigenvalue weighted by molar-refractivity contribution is 6.00. The average molecular weight is 561 g/mol. The van der Waals surface area contributed by atoms with Gasteiger partial charge in [0.05, 0.1) is 18.3 Å². The van der Waals surface area contributed by atoms with Crippen molar-refractivity contribution in [3.63, 3.8) is 0 Å². The molecule has 4 aromatic rings. The third-order valence-electron chi connectivity index (χ3n) is 6.64. The summed E-state index contributed by atoms with van der Waals surface area (Å²) in [4.78, 5) is 49.7. The van der Waals surface area contributed by atoms with Gasteiger partial charge >= 0.3 is 6.09 Å². The number of amides is 2. The predicted octanol–water partition coefficient (Wildman–Crippen LogP) is 3.30. The molecule has 1 aliphatic carbocycles. The van der Waals surface area contributed by atoms with Gasteiger partial charge in [0.2, 0.25) is 0 Å². The van der Waals surface area contributed by atoms with Crippen LogP contribution in [0.15, 0.2) is 59.8 Å². The van der Waals surface area contributed by atoms with Gasteiger partial charge in [-0.2, -0.15) is 9.61 Å². The molecule has 0 saturated heterocycles. The first-order chi connectivity index (χ1) is 19.6. The zero-order valence-electron chi connectivity index (χ0n) is 23.5.